The molecule has 0 fully saturated rings. The standard InChI is InChI=1S/C15H25NO2/c1-12(2)13(3)18-10-9-15(17,11-16)14-7-5-4-6-8-14/h4-8,12-13,17H,9-11,16H2,1-3H3. The summed E-state index contributed by atoms with van der Waals surface area (Å²) in [5.74, 6) is 0.479. The zero-order chi connectivity index (χ0) is 13.6. The van der Waals surface area contributed by atoms with Crippen molar-refractivity contribution in [2.24, 2.45) is 11.7 Å². The van der Waals surface area contributed by atoms with E-state index in [0.717, 1.165) is 5.56 Å². The minimum absolute atomic E-state index is 0.197. The lowest BCUT2D eigenvalue weighted by molar-refractivity contribution is -0.0257. The van der Waals surface area contributed by atoms with Gasteiger partial charge < -0.3 is 15.6 Å². The van der Waals surface area contributed by atoms with Gasteiger partial charge in [0.1, 0.15) is 5.60 Å². The molecule has 0 saturated carbocycles. The van der Waals surface area contributed by atoms with Crippen molar-refractivity contribution in [3.8, 4) is 0 Å². The molecule has 0 aromatic heterocycles. The molecule has 0 bridgehead atoms. The van der Waals surface area contributed by atoms with Gasteiger partial charge in [-0.3, -0.25) is 0 Å². The monoisotopic (exact) mass is 251 g/mol. The van der Waals surface area contributed by atoms with Crippen molar-refractivity contribution < 1.29 is 9.84 Å². The second kappa shape index (κ2) is 6.88. The third kappa shape index (κ3) is 4.09. The van der Waals surface area contributed by atoms with Crippen LogP contribution in [0.5, 0.6) is 0 Å². The molecule has 3 nitrogen and oxygen atoms in total. The van der Waals surface area contributed by atoms with E-state index in [-0.39, 0.29) is 12.6 Å². The van der Waals surface area contributed by atoms with Gasteiger partial charge >= 0.3 is 0 Å². The summed E-state index contributed by atoms with van der Waals surface area (Å²) in [4.78, 5) is 0. The highest BCUT2D eigenvalue weighted by molar-refractivity contribution is 5.22. The highest BCUT2D eigenvalue weighted by Gasteiger charge is 2.27. The van der Waals surface area contributed by atoms with Gasteiger partial charge in [-0.1, -0.05) is 44.2 Å². The Bertz CT molecular complexity index is 340. The second-order valence-corrected chi connectivity index (χ2v) is 5.17. The molecular weight excluding hydrogens is 226 g/mol. The van der Waals surface area contributed by atoms with E-state index < -0.39 is 5.60 Å². The van der Waals surface area contributed by atoms with Crippen molar-refractivity contribution in [1.29, 1.82) is 0 Å². The number of nitrogens with two attached hydrogens (primary N) is 1. The summed E-state index contributed by atoms with van der Waals surface area (Å²) in [6, 6.07) is 9.55. The van der Waals surface area contributed by atoms with Crippen LogP contribution in [0, 0.1) is 5.92 Å². The first-order chi connectivity index (χ1) is 8.49. The average Bonchev–Trinajstić information content (AvgIpc) is 2.39. The Morgan fingerprint density at radius 2 is 1.83 bits per heavy atom. The first-order valence-electron chi connectivity index (χ1n) is 6.59. The molecule has 1 aromatic carbocycles. The molecule has 0 radical (unpaired) electrons. The normalized spacial score (nSPS) is 16.6. The Morgan fingerprint density at radius 1 is 1.22 bits per heavy atom. The smallest absolute Gasteiger partial charge is 0.104 e. The van der Waals surface area contributed by atoms with E-state index in [1.165, 1.54) is 0 Å². The Hall–Kier alpha value is -0.900. The minimum atomic E-state index is -0.988. The summed E-state index contributed by atoms with van der Waals surface area (Å²) in [5.41, 5.74) is 5.58. The van der Waals surface area contributed by atoms with Gasteiger partial charge in [0.25, 0.3) is 0 Å². The maximum atomic E-state index is 10.5. The predicted molar refractivity (Wildman–Crippen MR) is 74.3 cm³/mol. The van der Waals surface area contributed by atoms with Crippen molar-refractivity contribution >= 4 is 0 Å². The van der Waals surface area contributed by atoms with Gasteiger partial charge in [-0.15, -0.1) is 0 Å². The fourth-order valence-corrected chi connectivity index (χ4v) is 1.72. The van der Waals surface area contributed by atoms with E-state index in [4.69, 9.17) is 10.5 Å². The minimum Gasteiger partial charge on any atom is -0.384 e. The highest BCUT2D eigenvalue weighted by Crippen LogP contribution is 2.24. The second-order valence-electron chi connectivity index (χ2n) is 5.17. The van der Waals surface area contributed by atoms with Crippen LogP contribution in [0.15, 0.2) is 30.3 Å². The molecule has 102 valence electrons. The van der Waals surface area contributed by atoms with Crippen molar-refractivity contribution in [2.45, 2.75) is 38.9 Å². The highest BCUT2D eigenvalue weighted by atomic mass is 16.5. The van der Waals surface area contributed by atoms with Crippen LogP contribution in [0.4, 0.5) is 0 Å². The Morgan fingerprint density at radius 3 is 2.33 bits per heavy atom. The molecule has 0 spiro atoms. The number of benzene rings is 1. The van der Waals surface area contributed by atoms with Crippen LogP contribution >= 0.6 is 0 Å². The molecule has 0 aliphatic carbocycles. The lowest BCUT2D eigenvalue weighted by Gasteiger charge is -2.28. The Balaban J connectivity index is 2.56. The third-order valence-corrected chi connectivity index (χ3v) is 3.48. The molecule has 2 atom stereocenters. The SMILES string of the molecule is CC(C)C(C)OCCC(O)(CN)c1ccccc1. The number of ether oxygens (including phenoxy) is 1. The predicted octanol–water partition coefficient (Wildman–Crippen LogP) is 2.28. The first kappa shape index (κ1) is 15.2. The Kier molecular flexibility index (Phi) is 5.79. The topological polar surface area (TPSA) is 55.5 Å². The molecule has 0 amide bonds. The molecule has 0 aliphatic rings. The Labute approximate surface area is 110 Å². The van der Waals surface area contributed by atoms with Gasteiger partial charge in [0.15, 0.2) is 0 Å². The van der Waals surface area contributed by atoms with Crippen LogP contribution in [0.3, 0.4) is 0 Å². The molecule has 0 heterocycles. The molecule has 2 unspecified atom stereocenters. The van der Waals surface area contributed by atoms with E-state index >= 15 is 0 Å². The molecule has 1 rings (SSSR count). The van der Waals surface area contributed by atoms with Gasteiger partial charge in [0, 0.05) is 13.0 Å². The molecule has 3 N–H and O–H groups in total. The number of aliphatic hydroxyl groups is 1. The summed E-state index contributed by atoms with van der Waals surface area (Å²) in [6.07, 6.45) is 0.715. The fourth-order valence-electron chi connectivity index (χ4n) is 1.72. The van der Waals surface area contributed by atoms with E-state index in [1.807, 2.05) is 30.3 Å². The maximum Gasteiger partial charge on any atom is 0.104 e. The molecule has 3 heteroatoms. The molecule has 1 aromatic rings. The van der Waals surface area contributed by atoms with Crippen LogP contribution < -0.4 is 5.73 Å². The lowest BCUT2D eigenvalue weighted by Crippen LogP contribution is -2.36. The van der Waals surface area contributed by atoms with Crippen LogP contribution in [0.1, 0.15) is 32.8 Å². The number of hydrogen-bond donors (Lipinski definition) is 2. The van der Waals surface area contributed by atoms with Gasteiger partial charge in [-0.2, -0.15) is 0 Å². The maximum absolute atomic E-state index is 10.5. The zero-order valence-corrected chi connectivity index (χ0v) is 11.6. The summed E-state index contributed by atoms with van der Waals surface area (Å²) < 4.78 is 5.71. The molecule has 18 heavy (non-hydrogen) atoms. The van der Waals surface area contributed by atoms with Gasteiger partial charge in [-0.05, 0) is 18.4 Å². The van der Waals surface area contributed by atoms with Gasteiger partial charge in [0.2, 0.25) is 0 Å². The van der Waals surface area contributed by atoms with Crippen LogP contribution in [0.25, 0.3) is 0 Å². The van der Waals surface area contributed by atoms with Crippen molar-refractivity contribution in [3.63, 3.8) is 0 Å². The average molecular weight is 251 g/mol. The van der Waals surface area contributed by atoms with Crippen LogP contribution in [-0.2, 0) is 10.3 Å². The van der Waals surface area contributed by atoms with Gasteiger partial charge in [0.05, 0.1) is 12.7 Å². The lowest BCUT2D eigenvalue weighted by atomic mass is 9.91. The zero-order valence-electron chi connectivity index (χ0n) is 11.6. The van der Waals surface area contributed by atoms with E-state index in [0.29, 0.717) is 18.9 Å². The van der Waals surface area contributed by atoms with E-state index in [1.54, 1.807) is 0 Å². The summed E-state index contributed by atoms with van der Waals surface area (Å²) in [5, 5.41) is 10.5. The van der Waals surface area contributed by atoms with E-state index in [9.17, 15) is 5.11 Å². The van der Waals surface area contributed by atoms with Gasteiger partial charge in [-0.25, -0.2) is 0 Å². The molecular formula is C15H25NO2. The van der Waals surface area contributed by atoms with Crippen molar-refractivity contribution in [3.05, 3.63) is 35.9 Å². The number of hydrogen-bond acceptors (Lipinski definition) is 3. The largest absolute Gasteiger partial charge is 0.384 e. The van der Waals surface area contributed by atoms with Crippen LogP contribution in [0.2, 0.25) is 0 Å². The quantitative estimate of drug-likeness (QED) is 0.781. The molecule has 0 aliphatic heterocycles. The van der Waals surface area contributed by atoms with Crippen molar-refractivity contribution in [2.75, 3.05) is 13.2 Å². The third-order valence-electron chi connectivity index (χ3n) is 3.48. The fraction of sp³-hybridized carbons (Fsp3) is 0.600. The number of rotatable bonds is 7. The van der Waals surface area contributed by atoms with E-state index in [2.05, 4.69) is 20.8 Å². The van der Waals surface area contributed by atoms with Crippen molar-refractivity contribution in [1.82, 2.24) is 0 Å². The summed E-state index contributed by atoms with van der Waals surface area (Å²) in [6.45, 7) is 7.01. The van der Waals surface area contributed by atoms with Crippen LogP contribution in [-0.4, -0.2) is 24.4 Å². The summed E-state index contributed by atoms with van der Waals surface area (Å²) in [7, 11) is 0. The molecule has 0 saturated heterocycles. The first-order valence-corrected chi connectivity index (χ1v) is 6.59. The summed E-state index contributed by atoms with van der Waals surface area (Å²) >= 11 is 0.